The zero-order valence-electron chi connectivity index (χ0n) is 16.1. The second-order valence-corrected chi connectivity index (χ2v) is 7.69. The molecule has 2 saturated heterocycles. The monoisotopic (exact) mass is 450 g/mol. The van der Waals surface area contributed by atoms with Crippen molar-refractivity contribution in [1.29, 1.82) is 0 Å². The maximum Gasteiger partial charge on any atom is 0.305 e. The van der Waals surface area contributed by atoms with E-state index < -0.39 is 64.2 Å². The van der Waals surface area contributed by atoms with Crippen molar-refractivity contribution < 1.29 is 38.3 Å². The number of rotatable bonds is 5. The van der Waals surface area contributed by atoms with Gasteiger partial charge in [0.15, 0.2) is 5.60 Å². The Balaban J connectivity index is 1.79. The second-order valence-electron chi connectivity index (χ2n) is 7.25. The van der Waals surface area contributed by atoms with Gasteiger partial charge in [-0.15, -0.1) is 0 Å². The van der Waals surface area contributed by atoms with E-state index in [0.29, 0.717) is 4.90 Å². The number of anilines is 1. The van der Waals surface area contributed by atoms with Crippen LogP contribution in [0.1, 0.15) is 13.8 Å². The van der Waals surface area contributed by atoms with Crippen LogP contribution in [-0.2, 0) is 33.4 Å². The van der Waals surface area contributed by atoms with Gasteiger partial charge in [0.1, 0.15) is 5.69 Å². The lowest BCUT2D eigenvalue weighted by molar-refractivity contribution is -0.384. The molecule has 3 heterocycles. The van der Waals surface area contributed by atoms with Gasteiger partial charge in [-0.2, -0.15) is 0 Å². The van der Waals surface area contributed by atoms with Crippen molar-refractivity contribution in [2.45, 2.75) is 31.8 Å². The molecule has 0 N–H and O–H groups in total. The average molecular weight is 451 g/mol. The van der Waals surface area contributed by atoms with Crippen molar-refractivity contribution in [3.63, 3.8) is 0 Å². The van der Waals surface area contributed by atoms with Gasteiger partial charge < -0.3 is 14.2 Å². The Labute approximate surface area is 179 Å². The zero-order chi connectivity index (χ0) is 22.7. The summed E-state index contributed by atoms with van der Waals surface area (Å²) in [7, 11) is 0. The van der Waals surface area contributed by atoms with Crippen LogP contribution in [0.3, 0.4) is 0 Å². The molecule has 3 aliphatic heterocycles. The summed E-state index contributed by atoms with van der Waals surface area (Å²) in [6.45, 7) is 2.17. The third-order valence-electron chi connectivity index (χ3n) is 5.37. The van der Waals surface area contributed by atoms with E-state index in [0.717, 1.165) is 19.9 Å². The van der Waals surface area contributed by atoms with Crippen molar-refractivity contribution in [3.05, 3.63) is 45.5 Å². The number of fused-ring (bicyclic) bond motifs is 5. The number of carbonyl (C=O) groups is 4. The summed E-state index contributed by atoms with van der Waals surface area (Å²) in [6.07, 6.45) is 0.425. The first-order valence-electron chi connectivity index (χ1n) is 9.10. The fraction of sp³-hybridized carbons (Fsp3) is 0.368. The molecular weight excluding hydrogens is 436 g/mol. The van der Waals surface area contributed by atoms with Crippen LogP contribution in [0.4, 0.5) is 11.4 Å². The van der Waals surface area contributed by atoms with Crippen molar-refractivity contribution in [2.24, 2.45) is 11.8 Å². The highest BCUT2D eigenvalue weighted by Gasteiger charge is 2.72. The summed E-state index contributed by atoms with van der Waals surface area (Å²) < 4.78 is 16.0. The number of esters is 2. The van der Waals surface area contributed by atoms with E-state index >= 15 is 0 Å². The highest BCUT2D eigenvalue weighted by molar-refractivity contribution is 6.31. The molecule has 2 amide bonds. The van der Waals surface area contributed by atoms with Crippen LogP contribution < -0.4 is 4.90 Å². The number of ether oxygens (including phenoxy) is 3. The molecule has 2 fully saturated rings. The lowest BCUT2D eigenvalue weighted by atomic mass is 9.76. The number of carbonyl (C=O) groups excluding carboxylic acids is 4. The first-order chi connectivity index (χ1) is 14.6. The molecule has 1 aromatic rings. The molecule has 4 rings (SSSR count). The van der Waals surface area contributed by atoms with E-state index in [1.807, 2.05) is 0 Å². The predicted molar refractivity (Wildman–Crippen MR) is 102 cm³/mol. The average Bonchev–Trinajstić information content (AvgIpc) is 3.32. The standard InChI is InChI=1S/C19H15ClN2O9/c1-8(23)29-18(30-9(2)24)19-6-5-13(31-19)14-15(19)17(26)21(16(14)25)11-4-3-10(20)7-12(11)22(27)28/h3-7,13-15,18H,1-2H3/t13-,14+,15+,19+/m1/s1. The Bertz CT molecular complexity index is 1050. The van der Waals surface area contributed by atoms with E-state index in [-0.39, 0.29) is 10.7 Å². The molecule has 3 aliphatic rings. The molecule has 11 nitrogen and oxygen atoms in total. The summed E-state index contributed by atoms with van der Waals surface area (Å²) in [6, 6.07) is 3.55. The molecule has 2 bridgehead atoms. The minimum atomic E-state index is -1.74. The largest absolute Gasteiger partial charge is 0.422 e. The molecule has 0 unspecified atom stereocenters. The predicted octanol–water partition coefficient (Wildman–Crippen LogP) is 1.51. The van der Waals surface area contributed by atoms with E-state index in [1.54, 1.807) is 0 Å². The van der Waals surface area contributed by atoms with Gasteiger partial charge in [0.25, 0.3) is 12.0 Å². The highest BCUT2D eigenvalue weighted by atomic mass is 35.5. The fourth-order valence-corrected chi connectivity index (χ4v) is 4.45. The van der Waals surface area contributed by atoms with E-state index in [4.69, 9.17) is 25.8 Å². The number of hydrogen-bond donors (Lipinski definition) is 0. The maximum absolute atomic E-state index is 13.4. The minimum Gasteiger partial charge on any atom is -0.422 e. The number of nitro benzene ring substituents is 1. The Morgan fingerprint density at radius 1 is 1.23 bits per heavy atom. The summed E-state index contributed by atoms with van der Waals surface area (Å²) >= 11 is 5.83. The van der Waals surface area contributed by atoms with Crippen LogP contribution >= 0.6 is 11.6 Å². The quantitative estimate of drug-likeness (QED) is 0.163. The number of imide groups is 1. The van der Waals surface area contributed by atoms with Crippen molar-refractivity contribution in [1.82, 2.24) is 0 Å². The maximum atomic E-state index is 13.4. The number of nitro groups is 1. The first kappa shape index (κ1) is 20.9. The Kier molecular flexibility index (Phi) is 4.82. The number of benzene rings is 1. The van der Waals surface area contributed by atoms with E-state index in [9.17, 15) is 29.3 Å². The van der Waals surface area contributed by atoms with Crippen molar-refractivity contribution in [2.75, 3.05) is 4.90 Å². The van der Waals surface area contributed by atoms with Crippen LogP contribution in [0.25, 0.3) is 0 Å². The van der Waals surface area contributed by atoms with Crippen LogP contribution in [-0.4, -0.2) is 46.7 Å². The molecule has 31 heavy (non-hydrogen) atoms. The van der Waals surface area contributed by atoms with Crippen molar-refractivity contribution in [3.8, 4) is 0 Å². The van der Waals surface area contributed by atoms with Gasteiger partial charge in [0.05, 0.1) is 22.9 Å². The van der Waals surface area contributed by atoms with Gasteiger partial charge in [-0.3, -0.25) is 29.3 Å². The van der Waals surface area contributed by atoms with Gasteiger partial charge >= 0.3 is 11.9 Å². The minimum absolute atomic E-state index is 0.0565. The molecule has 12 heteroatoms. The zero-order valence-corrected chi connectivity index (χ0v) is 16.9. The summed E-state index contributed by atoms with van der Waals surface area (Å²) in [5, 5.41) is 11.5. The SMILES string of the molecule is CC(=O)OC(OC(C)=O)[C@@]12C=C[C@@H](O1)[C@@H]1C(=O)N(c3ccc(Cl)cc3[N+](=O)[O-])C(=O)[C@H]12. The molecular formula is C19H15ClN2O9. The summed E-state index contributed by atoms with van der Waals surface area (Å²) in [5.41, 5.74) is -2.51. The number of amides is 2. The van der Waals surface area contributed by atoms with Gasteiger partial charge in [0.2, 0.25) is 11.8 Å². The molecule has 0 spiro atoms. The number of halogens is 1. The fourth-order valence-electron chi connectivity index (χ4n) is 4.29. The third kappa shape index (κ3) is 3.08. The Hall–Kier alpha value is -3.31. The second kappa shape index (κ2) is 7.13. The van der Waals surface area contributed by atoms with E-state index in [1.165, 1.54) is 24.3 Å². The molecule has 0 aliphatic carbocycles. The van der Waals surface area contributed by atoms with Gasteiger partial charge in [-0.1, -0.05) is 17.7 Å². The molecule has 1 aromatic carbocycles. The molecule has 0 radical (unpaired) electrons. The number of hydrogen-bond acceptors (Lipinski definition) is 9. The molecule has 0 saturated carbocycles. The lowest BCUT2D eigenvalue weighted by Gasteiger charge is -2.34. The highest BCUT2D eigenvalue weighted by Crippen LogP contribution is 2.55. The van der Waals surface area contributed by atoms with Gasteiger partial charge in [0, 0.05) is 24.9 Å². The van der Waals surface area contributed by atoms with Crippen LogP contribution in [0.15, 0.2) is 30.4 Å². The van der Waals surface area contributed by atoms with Gasteiger partial charge in [-0.05, 0) is 18.2 Å². The first-order valence-corrected chi connectivity index (χ1v) is 9.48. The number of nitrogens with zero attached hydrogens (tertiary/aromatic N) is 2. The van der Waals surface area contributed by atoms with E-state index in [2.05, 4.69) is 0 Å². The van der Waals surface area contributed by atoms with Crippen LogP contribution in [0, 0.1) is 22.0 Å². The molecule has 162 valence electrons. The Morgan fingerprint density at radius 2 is 1.87 bits per heavy atom. The lowest BCUT2D eigenvalue weighted by Crippen LogP contribution is -2.52. The molecule has 0 aromatic heterocycles. The normalized spacial score (nSPS) is 28.3. The third-order valence-corrected chi connectivity index (χ3v) is 5.60. The van der Waals surface area contributed by atoms with Crippen molar-refractivity contribution >= 4 is 46.7 Å². The summed E-state index contributed by atoms with van der Waals surface area (Å²) in [4.78, 5) is 61.2. The van der Waals surface area contributed by atoms with Gasteiger partial charge in [-0.25, -0.2) is 4.90 Å². The molecule has 4 atom stereocenters. The van der Waals surface area contributed by atoms with Crippen LogP contribution in [0.2, 0.25) is 5.02 Å². The van der Waals surface area contributed by atoms with Crippen LogP contribution in [0.5, 0.6) is 0 Å². The summed E-state index contributed by atoms with van der Waals surface area (Å²) in [5.74, 6) is -5.40. The topological polar surface area (TPSA) is 142 Å². The Morgan fingerprint density at radius 3 is 2.45 bits per heavy atom. The smallest absolute Gasteiger partial charge is 0.305 e.